The molecule has 42 valence electrons. The Labute approximate surface area is 52.2 Å². The molecule has 0 bridgehead atoms. The molecule has 0 saturated heterocycles. The van der Waals surface area contributed by atoms with E-state index in [2.05, 4.69) is 15.9 Å². The van der Waals surface area contributed by atoms with E-state index in [4.69, 9.17) is 0 Å². The first-order chi connectivity index (χ1) is 3.18. The van der Waals surface area contributed by atoms with Crippen molar-refractivity contribution >= 4 is 22.2 Å². The molecule has 0 radical (unpaired) electrons. The van der Waals surface area contributed by atoms with Crippen LogP contribution in [-0.4, -0.2) is 11.1 Å². The minimum atomic E-state index is 0.139. The van der Waals surface area contributed by atoms with E-state index in [1.54, 1.807) is 0 Å². The van der Waals surface area contributed by atoms with Crippen LogP contribution in [0.2, 0.25) is 0 Å². The van der Waals surface area contributed by atoms with Gasteiger partial charge in [0.15, 0.2) is 0 Å². The summed E-state index contributed by atoms with van der Waals surface area (Å²) in [4.78, 5) is 10.2. The van der Waals surface area contributed by atoms with Crippen LogP contribution in [0.1, 0.15) is 13.8 Å². The maximum absolute atomic E-state index is 9.92. The summed E-state index contributed by atoms with van der Waals surface area (Å²) in [7, 11) is 0. The number of hydrogen-bond acceptors (Lipinski definition) is 1. The lowest BCUT2D eigenvalue weighted by atomic mass is 10.1. The normalized spacial score (nSPS) is 18.1. The van der Waals surface area contributed by atoms with Gasteiger partial charge in [0.05, 0.1) is 0 Å². The number of carbonyl (C=O) groups is 1. The third-order valence-electron chi connectivity index (χ3n) is 0.939. The number of alkyl halides is 1. The number of hydrogen-bond donors (Lipinski definition) is 0. The van der Waals surface area contributed by atoms with Gasteiger partial charge in [-0.25, -0.2) is 0 Å². The molecular weight excluding hydrogens is 156 g/mol. The minimum Gasteiger partial charge on any atom is -0.303 e. The summed E-state index contributed by atoms with van der Waals surface area (Å²) >= 11 is 3.27. The van der Waals surface area contributed by atoms with E-state index in [1.807, 2.05) is 13.8 Å². The van der Waals surface area contributed by atoms with Crippen LogP contribution < -0.4 is 0 Å². The lowest BCUT2D eigenvalue weighted by Crippen LogP contribution is -2.06. The van der Waals surface area contributed by atoms with E-state index in [0.717, 1.165) is 6.29 Å². The highest BCUT2D eigenvalue weighted by atomic mass is 79.9. The molecule has 0 heterocycles. The number of rotatable bonds is 2. The molecule has 0 fully saturated rings. The van der Waals surface area contributed by atoms with Gasteiger partial charge in [-0.05, 0) is 0 Å². The highest BCUT2D eigenvalue weighted by molar-refractivity contribution is 9.09. The molecule has 0 aromatic heterocycles. The molecule has 0 rings (SSSR count). The molecule has 0 aliphatic rings. The van der Waals surface area contributed by atoms with Gasteiger partial charge in [0.25, 0.3) is 0 Å². The van der Waals surface area contributed by atoms with Crippen LogP contribution in [0.5, 0.6) is 0 Å². The number of aldehydes is 1. The predicted octanol–water partition coefficient (Wildman–Crippen LogP) is 1.60. The van der Waals surface area contributed by atoms with E-state index >= 15 is 0 Å². The second-order valence-corrected chi connectivity index (χ2v) is 3.12. The van der Waals surface area contributed by atoms with Crippen molar-refractivity contribution in [3.8, 4) is 0 Å². The summed E-state index contributed by atoms with van der Waals surface area (Å²) in [5.41, 5.74) is 0. The molecule has 0 aromatic carbocycles. The van der Waals surface area contributed by atoms with Crippen LogP contribution in [0.4, 0.5) is 0 Å². The van der Waals surface area contributed by atoms with Gasteiger partial charge in [-0.3, -0.25) is 0 Å². The molecule has 2 unspecified atom stereocenters. The molecule has 2 heteroatoms. The summed E-state index contributed by atoms with van der Waals surface area (Å²) in [6.45, 7) is 3.84. The van der Waals surface area contributed by atoms with Crippen molar-refractivity contribution in [1.29, 1.82) is 0 Å². The third-order valence-corrected chi connectivity index (χ3v) is 1.77. The first kappa shape index (κ1) is 7.15. The topological polar surface area (TPSA) is 17.1 Å². The SMILES string of the molecule is CC(Br)C(C)C=O. The Morgan fingerprint density at radius 3 is 2.00 bits per heavy atom. The van der Waals surface area contributed by atoms with Crippen molar-refractivity contribution in [1.82, 2.24) is 0 Å². The van der Waals surface area contributed by atoms with Gasteiger partial charge in [-0.2, -0.15) is 0 Å². The second kappa shape index (κ2) is 3.19. The zero-order valence-corrected chi connectivity index (χ0v) is 6.10. The van der Waals surface area contributed by atoms with Crippen molar-refractivity contribution in [2.24, 2.45) is 5.92 Å². The summed E-state index contributed by atoms with van der Waals surface area (Å²) in [5, 5.41) is 0. The highest BCUT2D eigenvalue weighted by Gasteiger charge is 2.04. The summed E-state index contributed by atoms with van der Waals surface area (Å²) in [6.07, 6.45) is 0.944. The molecule has 0 N–H and O–H groups in total. The van der Waals surface area contributed by atoms with Crippen LogP contribution in [-0.2, 0) is 4.79 Å². The van der Waals surface area contributed by atoms with Gasteiger partial charge in [-0.1, -0.05) is 29.8 Å². The van der Waals surface area contributed by atoms with E-state index in [-0.39, 0.29) is 5.92 Å². The van der Waals surface area contributed by atoms with Crippen LogP contribution in [0.3, 0.4) is 0 Å². The molecule has 0 aliphatic carbocycles. The van der Waals surface area contributed by atoms with E-state index < -0.39 is 0 Å². The molecular formula is C5H9BrO. The fraction of sp³-hybridized carbons (Fsp3) is 0.800. The zero-order chi connectivity index (χ0) is 5.86. The van der Waals surface area contributed by atoms with Crippen molar-refractivity contribution in [2.45, 2.75) is 18.7 Å². The Kier molecular flexibility index (Phi) is 3.26. The predicted molar refractivity (Wildman–Crippen MR) is 33.6 cm³/mol. The quantitative estimate of drug-likeness (QED) is 0.448. The molecule has 1 nitrogen and oxygen atoms in total. The van der Waals surface area contributed by atoms with Crippen molar-refractivity contribution in [3.63, 3.8) is 0 Å². The fourth-order valence-electron chi connectivity index (χ4n) is 0.108. The first-order valence-electron chi connectivity index (χ1n) is 2.28. The van der Waals surface area contributed by atoms with E-state index in [9.17, 15) is 4.79 Å². The maximum atomic E-state index is 9.92. The summed E-state index contributed by atoms with van der Waals surface area (Å²) in [6, 6.07) is 0. The van der Waals surface area contributed by atoms with Crippen molar-refractivity contribution < 1.29 is 4.79 Å². The monoisotopic (exact) mass is 164 g/mol. The van der Waals surface area contributed by atoms with Gasteiger partial charge >= 0.3 is 0 Å². The van der Waals surface area contributed by atoms with Crippen molar-refractivity contribution in [3.05, 3.63) is 0 Å². The lowest BCUT2D eigenvalue weighted by molar-refractivity contribution is -0.110. The first-order valence-corrected chi connectivity index (χ1v) is 3.19. The third kappa shape index (κ3) is 2.80. The maximum Gasteiger partial charge on any atom is 0.123 e. The van der Waals surface area contributed by atoms with Crippen LogP contribution >= 0.6 is 15.9 Å². The smallest absolute Gasteiger partial charge is 0.123 e. The van der Waals surface area contributed by atoms with Crippen LogP contribution in [0.25, 0.3) is 0 Å². The zero-order valence-electron chi connectivity index (χ0n) is 4.52. The van der Waals surface area contributed by atoms with Gasteiger partial charge in [-0.15, -0.1) is 0 Å². The molecule has 0 aromatic rings. The van der Waals surface area contributed by atoms with Gasteiger partial charge < -0.3 is 4.79 Å². The second-order valence-electron chi connectivity index (χ2n) is 1.67. The Bertz CT molecular complexity index is 61.1. The van der Waals surface area contributed by atoms with Crippen LogP contribution in [0.15, 0.2) is 0 Å². The van der Waals surface area contributed by atoms with Crippen molar-refractivity contribution in [2.75, 3.05) is 0 Å². The highest BCUT2D eigenvalue weighted by Crippen LogP contribution is 2.07. The van der Waals surface area contributed by atoms with Gasteiger partial charge in [0.2, 0.25) is 0 Å². The Hall–Kier alpha value is 0.150. The lowest BCUT2D eigenvalue weighted by Gasteiger charge is -2.02. The van der Waals surface area contributed by atoms with E-state index in [1.165, 1.54) is 0 Å². The summed E-state index contributed by atoms with van der Waals surface area (Å²) < 4.78 is 0. The molecule has 0 amide bonds. The van der Waals surface area contributed by atoms with E-state index in [0.29, 0.717) is 4.83 Å². The van der Waals surface area contributed by atoms with Gasteiger partial charge in [0.1, 0.15) is 6.29 Å². The standard InChI is InChI=1S/C5H9BrO/c1-4(3-7)5(2)6/h3-5H,1-2H3. The Balaban J connectivity index is 3.33. The van der Waals surface area contributed by atoms with Crippen LogP contribution in [0, 0.1) is 5.92 Å². The Morgan fingerprint density at radius 1 is 1.57 bits per heavy atom. The Morgan fingerprint density at radius 2 is 2.00 bits per heavy atom. The average Bonchev–Trinajstić information content (AvgIpc) is 1.65. The molecule has 0 spiro atoms. The average molecular weight is 165 g/mol. The number of halogens is 1. The minimum absolute atomic E-state index is 0.139. The largest absolute Gasteiger partial charge is 0.303 e. The summed E-state index contributed by atoms with van der Waals surface area (Å²) in [5.74, 6) is 0.139. The number of carbonyl (C=O) groups excluding carboxylic acids is 1. The molecule has 7 heavy (non-hydrogen) atoms. The fourth-order valence-corrected chi connectivity index (χ4v) is 0.233. The molecule has 2 atom stereocenters. The molecule has 0 aliphatic heterocycles. The molecule has 0 saturated carbocycles. The van der Waals surface area contributed by atoms with Gasteiger partial charge in [0, 0.05) is 10.7 Å².